The molecule has 0 aromatic rings. The van der Waals surface area contributed by atoms with Crippen LogP contribution in [0.25, 0.3) is 0 Å². The van der Waals surface area contributed by atoms with Crippen LogP contribution in [0.4, 0.5) is 0 Å². The molecule has 1 saturated heterocycles. The van der Waals surface area contributed by atoms with Gasteiger partial charge in [0.05, 0.1) is 5.54 Å². The molecule has 1 rings (SSSR count). The van der Waals surface area contributed by atoms with Crippen LogP contribution in [0.2, 0.25) is 0 Å². The molecule has 1 fully saturated rings. The van der Waals surface area contributed by atoms with E-state index >= 15 is 0 Å². The van der Waals surface area contributed by atoms with Crippen molar-refractivity contribution in [3.63, 3.8) is 0 Å². The monoisotopic (exact) mass is 255 g/mol. The highest BCUT2D eigenvalue weighted by Crippen LogP contribution is 2.20. The second-order valence-corrected chi connectivity index (χ2v) is 6.68. The van der Waals surface area contributed by atoms with E-state index in [1.807, 2.05) is 6.92 Å². The zero-order valence-electron chi connectivity index (χ0n) is 12.5. The first-order valence-electron chi connectivity index (χ1n) is 7.01. The lowest BCUT2D eigenvalue weighted by Crippen LogP contribution is -2.56. The van der Waals surface area contributed by atoms with Crippen LogP contribution in [0.1, 0.15) is 53.9 Å². The molecule has 0 aromatic heterocycles. The Morgan fingerprint density at radius 3 is 2.17 bits per heavy atom. The third-order valence-corrected chi connectivity index (χ3v) is 4.03. The number of amides is 1. The number of nitrogens with zero attached hydrogens (tertiary/aromatic N) is 1. The number of piperidine rings is 1. The summed E-state index contributed by atoms with van der Waals surface area (Å²) in [6, 6.07) is 0.283. The summed E-state index contributed by atoms with van der Waals surface area (Å²) in [4.78, 5) is 14.5. The Labute approximate surface area is 111 Å². The molecule has 0 aliphatic carbocycles. The zero-order chi connectivity index (χ0) is 14.0. The summed E-state index contributed by atoms with van der Waals surface area (Å²) in [6.45, 7) is 12.5. The van der Waals surface area contributed by atoms with Crippen molar-refractivity contribution in [3.05, 3.63) is 0 Å². The van der Waals surface area contributed by atoms with E-state index in [4.69, 9.17) is 5.73 Å². The van der Waals surface area contributed by atoms with Crippen LogP contribution >= 0.6 is 0 Å². The number of hydrogen-bond donors (Lipinski definition) is 2. The van der Waals surface area contributed by atoms with Gasteiger partial charge in [0.25, 0.3) is 0 Å². The van der Waals surface area contributed by atoms with Gasteiger partial charge in [-0.3, -0.25) is 9.69 Å². The first-order chi connectivity index (χ1) is 8.16. The molecule has 4 heteroatoms. The van der Waals surface area contributed by atoms with E-state index in [1.165, 1.54) is 0 Å². The number of rotatable bonds is 3. The van der Waals surface area contributed by atoms with Crippen LogP contribution in [-0.2, 0) is 4.79 Å². The topological polar surface area (TPSA) is 58.4 Å². The van der Waals surface area contributed by atoms with Gasteiger partial charge in [0, 0.05) is 24.7 Å². The van der Waals surface area contributed by atoms with Gasteiger partial charge >= 0.3 is 0 Å². The fourth-order valence-electron chi connectivity index (χ4n) is 2.21. The van der Waals surface area contributed by atoms with Crippen LogP contribution in [-0.4, -0.2) is 41.0 Å². The molecule has 1 heterocycles. The quantitative estimate of drug-likeness (QED) is 0.803. The Morgan fingerprint density at radius 2 is 1.78 bits per heavy atom. The Morgan fingerprint density at radius 1 is 1.28 bits per heavy atom. The normalized spacial score (nSPS) is 22.6. The van der Waals surface area contributed by atoms with Gasteiger partial charge in [-0.15, -0.1) is 0 Å². The largest absolute Gasteiger partial charge is 0.352 e. The summed E-state index contributed by atoms with van der Waals surface area (Å²) in [6.07, 6.45) is 2.70. The molecule has 0 spiro atoms. The van der Waals surface area contributed by atoms with Crippen molar-refractivity contribution in [3.8, 4) is 0 Å². The van der Waals surface area contributed by atoms with Gasteiger partial charge < -0.3 is 11.1 Å². The fraction of sp³-hybridized carbons (Fsp3) is 0.929. The summed E-state index contributed by atoms with van der Waals surface area (Å²) in [5.74, 6) is -0.0146. The molecule has 0 aromatic carbocycles. The number of nitrogens with two attached hydrogens (primary N) is 1. The van der Waals surface area contributed by atoms with Crippen LogP contribution in [0.3, 0.4) is 0 Å². The molecule has 18 heavy (non-hydrogen) atoms. The minimum absolute atomic E-state index is 0.0146. The van der Waals surface area contributed by atoms with Crippen molar-refractivity contribution in [2.45, 2.75) is 71.0 Å². The van der Waals surface area contributed by atoms with Gasteiger partial charge in [-0.1, -0.05) is 6.92 Å². The molecule has 1 aliphatic heterocycles. The van der Waals surface area contributed by atoms with E-state index < -0.39 is 5.54 Å². The third-order valence-electron chi connectivity index (χ3n) is 4.03. The van der Waals surface area contributed by atoms with Gasteiger partial charge in [0.15, 0.2) is 0 Å². The van der Waals surface area contributed by atoms with Gasteiger partial charge in [0.1, 0.15) is 0 Å². The van der Waals surface area contributed by atoms with E-state index in [0.29, 0.717) is 6.42 Å². The lowest BCUT2D eigenvalue weighted by molar-refractivity contribution is -0.127. The average molecular weight is 255 g/mol. The molecule has 4 nitrogen and oxygen atoms in total. The van der Waals surface area contributed by atoms with Crippen molar-refractivity contribution in [2.75, 3.05) is 13.1 Å². The zero-order valence-corrected chi connectivity index (χ0v) is 12.5. The minimum atomic E-state index is -0.735. The molecule has 1 amide bonds. The fourth-order valence-corrected chi connectivity index (χ4v) is 2.21. The SMILES string of the molecule is CCC(C)(N)C(=O)NC1CCN(C(C)(C)C)CC1. The third kappa shape index (κ3) is 3.95. The van der Waals surface area contributed by atoms with Crippen molar-refractivity contribution in [1.82, 2.24) is 10.2 Å². The maximum atomic E-state index is 12.0. The van der Waals surface area contributed by atoms with E-state index in [-0.39, 0.29) is 17.5 Å². The maximum Gasteiger partial charge on any atom is 0.240 e. The van der Waals surface area contributed by atoms with Crippen molar-refractivity contribution < 1.29 is 4.79 Å². The standard InChI is InChI=1S/C14H29N3O/c1-6-14(5,15)12(18)16-11-7-9-17(10-8-11)13(2,3)4/h11H,6-10,15H2,1-5H3,(H,16,18). The minimum Gasteiger partial charge on any atom is -0.352 e. The number of hydrogen-bond acceptors (Lipinski definition) is 3. The summed E-state index contributed by atoms with van der Waals surface area (Å²) in [5, 5.41) is 3.09. The van der Waals surface area contributed by atoms with E-state index in [2.05, 4.69) is 31.0 Å². The summed E-state index contributed by atoms with van der Waals surface area (Å²) >= 11 is 0. The number of carbonyl (C=O) groups is 1. The number of carbonyl (C=O) groups excluding carboxylic acids is 1. The van der Waals surface area contributed by atoms with E-state index in [0.717, 1.165) is 25.9 Å². The van der Waals surface area contributed by atoms with Crippen molar-refractivity contribution in [2.24, 2.45) is 5.73 Å². The average Bonchev–Trinajstić information content (AvgIpc) is 2.28. The van der Waals surface area contributed by atoms with Crippen LogP contribution < -0.4 is 11.1 Å². The second-order valence-electron chi connectivity index (χ2n) is 6.68. The molecular formula is C14H29N3O. The lowest BCUT2D eigenvalue weighted by Gasteiger charge is -2.41. The highest BCUT2D eigenvalue weighted by molar-refractivity contribution is 5.85. The van der Waals surface area contributed by atoms with Crippen LogP contribution in [0.15, 0.2) is 0 Å². The Hall–Kier alpha value is -0.610. The highest BCUT2D eigenvalue weighted by Gasteiger charge is 2.31. The van der Waals surface area contributed by atoms with Crippen molar-refractivity contribution >= 4 is 5.91 Å². The van der Waals surface area contributed by atoms with Crippen LogP contribution in [0.5, 0.6) is 0 Å². The Kier molecular flexibility index (Phi) is 4.78. The maximum absolute atomic E-state index is 12.0. The molecule has 1 atom stereocenters. The van der Waals surface area contributed by atoms with Crippen molar-refractivity contribution in [1.29, 1.82) is 0 Å². The molecule has 1 unspecified atom stereocenters. The Balaban J connectivity index is 2.43. The second kappa shape index (κ2) is 5.57. The van der Waals surface area contributed by atoms with Gasteiger partial charge in [-0.05, 0) is 47.0 Å². The van der Waals surface area contributed by atoms with Crippen LogP contribution in [0, 0.1) is 0 Å². The predicted molar refractivity (Wildman–Crippen MR) is 75.4 cm³/mol. The first-order valence-corrected chi connectivity index (χ1v) is 7.01. The van der Waals surface area contributed by atoms with E-state index in [9.17, 15) is 4.79 Å². The molecule has 0 bridgehead atoms. The molecular weight excluding hydrogens is 226 g/mol. The summed E-state index contributed by atoms with van der Waals surface area (Å²) < 4.78 is 0. The molecule has 0 saturated carbocycles. The predicted octanol–water partition coefficient (Wildman–Crippen LogP) is 1.49. The summed E-state index contributed by atoms with van der Waals surface area (Å²) in [5.41, 5.74) is 5.44. The highest BCUT2D eigenvalue weighted by atomic mass is 16.2. The number of nitrogens with one attached hydrogen (secondary N) is 1. The molecule has 1 aliphatic rings. The van der Waals surface area contributed by atoms with Gasteiger partial charge in [-0.25, -0.2) is 0 Å². The van der Waals surface area contributed by atoms with Gasteiger partial charge in [0.2, 0.25) is 5.91 Å². The Bertz CT molecular complexity index is 286. The lowest BCUT2D eigenvalue weighted by atomic mass is 9.95. The molecule has 3 N–H and O–H groups in total. The summed E-state index contributed by atoms with van der Waals surface area (Å²) in [7, 11) is 0. The number of likely N-dealkylation sites (tertiary alicyclic amines) is 1. The molecule has 0 radical (unpaired) electrons. The van der Waals surface area contributed by atoms with E-state index in [1.54, 1.807) is 6.92 Å². The smallest absolute Gasteiger partial charge is 0.240 e. The first kappa shape index (κ1) is 15.4. The molecule has 106 valence electrons. The van der Waals surface area contributed by atoms with Gasteiger partial charge in [-0.2, -0.15) is 0 Å².